The lowest BCUT2D eigenvalue weighted by Crippen LogP contribution is -2.42. The van der Waals surface area contributed by atoms with Crippen molar-refractivity contribution in [3.05, 3.63) is 29.5 Å². The van der Waals surface area contributed by atoms with Gasteiger partial charge in [0, 0.05) is 41.7 Å². The molecule has 0 fully saturated rings. The van der Waals surface area contributed by atoms with Crippen LogP contribution in [0.25, 0.3) is 22.4 Å². The molecule has 3 heterocycles. The molecule has 0 aliphatic rings. The van der Waals surface area contributed by atoms with Crippen molar-refractivity contribution in [1.29, 1.82) is 0 Å². The number of carbonyl (C=O) groups is 1. The maximum Gasteiger partial charge on any atom is 0.405 e. The highest BCUT2D eigenvalue weighted by Crippen LogP contribution is 2.29. The highest BCUT2D eigenvalue weighted by Gasteiger charge is 2.28. The number of rotatable bonds is 8. The third-order valence-corrected chi connectivity index (χ3v) is 4.31. The van der Waals surface area contributed by atoms with E-state index in [0.717, 1.165) is 0 Å². The Balaban J connectivity index is 0. The van der Waals surface area contributed by atoms with Crippen LogP contribution < -0.4 is 16.0 Å². The number of hydrogen-bond donors (Lipinski definition) is 5. The maximum atomic E-state index is 12.3. The van der Waals surface area contributed by atoms with E-state index >= 15 is 0 Å². The van der Waals surface area contributed by atoms with E-state index in [1.807, 2.05) is 5.32 Å². The molecule has 5 N–H and O–H groups in total. The van der Waals surface area contributed by atoms with Gasteiger partial charge in [0.1, 0.15) is 29.9 Å². The third kappa shape index (κ3) is 5.95. The van der Waals surface area contributed by atoms with E-state index in [1.54, 1.807) is 12.3 Å². The van der Waals surface area contributed by atoms with Crippen LogP contribution in [0.2, 0.25) is 5.02 Å². The summed E-state index contributed by atoms with van der Waals surface area (Å²) < 4.78 is 37.0. The molecule has 0 spiro atoms. The van der Waals surface area contributed by atoms with Crippen LogP contribution >= 0.6 is 11.6 Å². The number of halogens is 4. The van der Waals surface area contributed by atoms with Crippen LogP contribution in [0.15, 0.2) is 24.5 Å². The Labute approximate surface area is 185 Å². The summed E-state index contributed by atoms with van der Waals surface area (Å²) in [7, 11) is 0. The average Bonchev–Trinajstić information content (AvgIpc) is 3.12. The van der Waals surface area contributed by atoms with Crippen LogP contribution in [0.4, 0.5) is 24.8 Å². The number of aromatic amines is 1. The zero-order valence-electron chi connectivity index (χ0n) is 16.2. The van der Waals surface area contributed by atoms with Gasteiger partial charge in [-0.25, -0.2) is 15.0 Å². The smallest absolute Gasteiger partial charge is 0.395 e. The number of nitrogens with one attached hydrogen (secondary N) is 4. The molecule has 0 unspecified atom stereocenters. The number of H-pyrrole nitrogens is 1. The quantitative estimate of drug-likeness (QED) is 0.344. The Morgan fingerprint density at radius 2 is 2.06 bits per heavy atom. The molecule has 1 amide bonds. The standard InChI is InChI=1S/C18H19ClF3N7O2.4H2/c1-9(17(31)26-8-18(20,21)22)27-14-5-13(23-2-3-30)28-16(29-14)12-7-25-15-11(12)4-10(19)6-24-15;;;;/h4-7,9,30H,2-3,8H2,1H3,(H,24,25)(H,26,31)(H2,23,27,28,29);4*1H/t9-;;;;/m0..../s1. The van der Waals surface area contributed by atoms with Gasteiger partial charge in [0.15, 0.2) is 5.82 Å². The van der Waals surface area contributed by atoms with E-state index in [-0.39, 0.29) is 30.5 Å². The van der Waals surface area contributed by atoms with Crippen LogP contribution in [0.5, 0.6) is 0 Å². The SMILES string of the molecule is C[C@H](Nc1cc(NCCO)nc(-c2c[nH]c3ncc(Cl)cc23)n1)C(=O)NCC(F)(F)F.[HH].[HH].[HH].[HH]. The minimum Gasteiger partial charge on any atom is -0.395 e. The van der Waals surface area contributed by atoms with Gasteiger partial charge >= 0.3 is 6.18 Å². The minimum atomic E-state index is -4.51. The lowest BCUT2D eigenvalue weighted by atomic mass is 10.2. The number of hydrogen-bond acceptors (Lipinski definition) is 7. The van der Waals surface area contributed by atoms with E-state index in [2.05, 4.69) is 30.6 Å². The largest absolute Gasteiger partial charge is 0.405 e. The van der Waals surface area contributed by atoms with Crippen molar-refractivity contribution in [3.8, 4) is 11.4 Å². The molecular weight excluding hydrogens is 439 g/mol. The Morgan fingerprint density at radius 1 is 1.32 bits per heavy atom. The number of aromatic nitrogens is 4. The van der Waals surface area contributed by atoms with Gasteiger partial charge in [-0.15, -0.1) is 0 Å². The average molecular weight is 466 g/mol. The van der Waals surface area contributed by atoms with E-state index in [4.69, 9.17) is 16.7 Å². The van der Waals surface area contributed by atoms with Crippen molar-refractivity contribution in [2.45, 2.75) is 19.1 Å². The first-order valence-electron chi connectivity index (χ1n) is 9.14. The number of pyridine rings is 1. The van der Waals surface area contributed by atoms with Crippen LogP contribution in [-0.4, -0.2) is 62.9 Å². The molecule has 31 heavy (non-hydrogen) atoms. The zero-order valence-corrected chi connectivity index (χ0v) is 17.0. The first-order valence-corrected chi connectivity index (χ1v) is 9.52. The van der Waals surface area contributed by atoms with Crippen molar-refractivity contribution < 1.29 is 28.8 Å². The predicted octanol–water partition coefficient (Wildman–Crippen LogP) is 3.54. The second kappa shape index (κ2) is 9.35. The molecular formula is C18H27ClF3N7O2. The Bertz CT molecular complexity index is 1090. The molecule has 0 aliphatic carbocycles. The van der Waals surface area contributed by atoms with Crippen LogP contribution in [0.1, 0.15) is 12.6 Å². The monoisotopic (exact) mass is 465 g/mol. The van der Waals surface area contributed by atoms with Crippen molar-refractivity contribution in [2.24, 2.45) is 0 Å². The summed E-state index contributed by atoms with van der Waals surface area (Å²) in [6.45, 7) is 0.0345. The fourth-order valence-electron chi connectivity index (χ4n) is 2.71. The van der Waals surface area contributed by atoms with Crippen molar-refractivity contribution in [1.82, 2.24) is 25.3 Å². The van der Waals surface area contributed by atoms with E-state index in [1.165, 1.54) is 19.2 Å². The van der Waals surface area contributed by atoms with E-state index < -0.39 is 24.7 Å². The Kier molecular flexibility index (Phi) is 6.81. The van der Waals surface area contributed by atoms with Gasteiger partial charge in [0.25, 0.3) is 0 Å². The summed E-state index contributed by atoms with van der Waals surface area (Å²) in [5.41, 5.74) is 1.14. The van der Waals surface area contributed by atoms with Gasteiger partial charge < -0.3 is 26.0 Å². The topological polar surface area (TPSA) is 128 Å². The first-order chi connectivity index (χ1) is 14.7. The second-order valence-electron chi connectivity index (χ2n) is 6.56. The number of alkyl halides is 3. The fraction of sp³-hybridized carbons (Fsp3) is 0.333. The fourth-order valence-corrected chi connectivity index (χ4v) is 2.86. The first kappa shape index (κ1) is 22.6. The van der Waals surface area contributed by atoms with Crippen molar-refractivity contribution in [3.63, 3.8) is 0 Å². The molecule has 0 saturated carbocycles. The van der Waals surface area contributed by atoms with Gasteiger partial charge in [0.05, 0.1) is 11.6 Å². The molecule has 0 saturated heterocycles. The van der Waals surface area contributed by atoms with Crippen LogP contribution in [0, 0.1) is 0 Å². The zero-order chi connectivity index (χ0) is 22.6. The van der Waals surface area contributed by atoms with E-state index in [9.17, 15) is 18.0 Å². The number of aliphatic hydroxyl groups excluding tert-OH is 1. The molecule has 174 valence electrons. The van der Waals surface area contributed by atoms with E-state index in [0.29, 0.717) is 27.4 Å². The number of carbonyl (C=O) groups excluding carboxylic acids is 1. The molecule has 0 radical (unpaired) electrons. The van der Waals surface area contributed by atoms with Crippen molar-refractivity contribution in [2.75, 3.05) is 30.3 Å². The Morgan fingerprint density at radius 3 is 2.77 bits per heavy atom. The molecule has 9 nitrogen and oxygen atoms in total. The molecule has 3 rings (SSSR count). The molecule has 0 aromatic carbocycles. The highest BCUT2D eigenvalue weighted by atomic mass is 35.5. The number of nitrogens with zero attached hydrogens (tertiary/aromatic N) is 3. The number of amides is 1. The molecule has 3 aromatic heterocycles. The maximum absolute atomic E-state index is 12.3. The Hall–Kier alpha value is -3.12. The van der Waals surface area contributed by atoms with Crippen molar-refractivity contribution >= 4 is 40.2 Å². The summed E-state index contributed by atoms with van der Waals surface area (Å²) in [6, 6.07) is 2.16. The van der Waals surface area contributed by atoms with Gasteiger partial charge in [0.2, 0.25) is 5.91 Å². The summed E-state index contributed by atoms with van der Waals surface area (Å²) in [5.74, 6) is -0.0488. The second-order valence-corrected chi connectivity index (χ2v) is 7.00. The number of anilines is 2. The molecule has 0 aliphatic heterocycles. The lowest BCUT2D eigenvalue weighted by Gasteiger charge is -2.17. The minimum absolute atomic E-state index is 0. The summed E-state index contributed by atoms with van der Waals surface area (Å²) in [5, 5.41) is 17.6. The van der Waals surface area contributed by atoms with Crippen LogP contribution in [0.3, 0.4) is 0 Å². The molecule has 1 atom stereocenters. The predicted molar refractivity (Wildman–Crippen MR) is 118 cm³/mol. The highest BCUT2D eigenvalue weighted by molar-refractivity contribution is 6.31. The summed E-state index contributed by atoms with van der Waals surface area (Å²) in [4.78, 5) is 27.9. The van der Waals surface area contributed by atoms with Gasteiger partial charge in [-0.1, -0.05) is 11.6 Å². The lowest BCUT2D eigenvalue weighted by molar-refractivity contribution is -0.138. The third-order valence-electron chi connectivity index (χ3n) is 4.10. The van der Waals surface area contributed by atoms with Gasteiger partial charge in [-0.3, -0.25) is 4.79 Å². The summed E-state index contributed by atoms with van der Waals surface area (Å²) >= 11 is 6.04. The van der Waals surface area contributed by atoms with Gasteiger partial charge in [-0.05, 0) is 13.0 Å². The molecule has 13 heteroatoms. The van der Waals surface area contributed by atoms with Gasteiger partial charge in [-0.2, -0.15) is 13.2 Å². The number of aliphatic hydroxyl groups is 1. The summed E-state index contributed by atoms with van der Waals surface area (Å²) in [6.07, 6.45) is -1.38. The molecule has 3 aromatic rings. The van der Waals surface area contributed by atoms with Crippen LogP contribution in [-0.2, 0) is 4.79 Å². The normalized spacial score (nSPS) is 12.6. The number of fused-ring (bicyclic) bond motifs is 1. The molecule has 0 bridgehead atoms.